The van der Waals surface area contributed by atoms with Crippen LogP contribution < -0.4 is 19.5 Å². The minimum absolute atomic E-state index is 0.0533. The highest BCUT2D eigenvalue weighted by atomic mass is 32.1. The number of fused-ring (bicyclic) bond motifs is 1. The van der Waals surface area contributed by atoms with Crippen LogP contribution in [0.25, 0.3) is 10.9 Å². The predicted molar refractivity (Wildman–Crippen MR) is 129 cm³/mol. The van der Waals surface area contributed by atoms with E-state index in [1.165, 1.54) is 50.8 Å². The molecule has 2 aromatic carbocycles. The Balaban J connectivity index is 1.48. The minimum Gasteiger partial charge on any atom is -0.493 e. The summed E-state index contributed by atoms with van der Waals surface area (Å²) in [4.78, 5) is 29.1. The van der Waals surface area contributed by atoms with Gasteiger partial charge in [0.2, 0.25) is 0 Å². The van der Waals surface area contributed by atoms with Crippen molar-refractivity contribution in [2.45, 2.75) is 13.0 Å². The number of aromatic nitrogens is 1. The molecule has 2 aromatic heterocycles. The van der Waals surface area contributed by atoms with Crippen molar-refractivity contribution in [2.24, 2.45) is 0 Å². The Hall–Kier alpha value is -4.18. The number of pyridine rings is 1. The number of halogens is 1. The zero-order valence-corrected chi connectivity index (χ0v) is 19.9. The summed E-state index contributed by atoms with van der Waals surface area (Å²) in [6.45, 7) is 1.44. The number of benzene rings is 2. The number of rotatable bonds is 8. The molecule has 35 heavy (non-hydrogen) atoms. The van der Waals surface area contributed by atoms with Gasteiger partial charge in [-0.05, 0) is 42.6 Å². The highest BCUT2D eigenvalue weighted by molar-refractivity contribution is 7.11. The zero-order chi connectivity index (χ0) is 24.9. The monoisotopic (exact) mass is 496 g/mol. The molecule has 0 spiro atoms. The van der Waals surface area contributed by atoms with E-state index >= 15 is 0 Å². The molecule has 1 unspecified atom stereocenters. The zero-order valence-electron chi connectivity index (χ0n) is 19.0. The van der Waals surface area contributed by atoms with Crippen LogP contribution in [0.2, 0.25) is 0 Å². The molecule has 180 valence electrons. The Bertz CT molecular complexity index is 1380. The highest BCUT2D eigenvalue weighted by Gasteiger charge is 2.20. The van der Waals surface area contributed by atoms with Gasteiger partial charge in [0.15, 0.2) is 29.2 Å². The summed E-state index contributed by atoms with van der Waals surface area (Å²) in [5.41, 5.74) is 0.764. The fraction of sp³-hybridized carbons (Fsp3) is 0.160. The maximum atomic E-state index is 14.8. The van der Waals surface area contributed by atoms with Crippen LogP contribution in [-0.4, -0.2) is 37.2 Å². The molecule has 1 atom stereocenters. The number of amides is 1. The lowest BCUT2D eigenvalue weighted by molar-refractivity contribution is -0.123. The molecular formula is C25H21FN2O6S. The van der Waals surface area contributed by atoms with E-state index in [9.17, 15) is 14.0 Å². The van der Waals surface area contributed by atoms with Gasteiger partial charge < -0.3 is 24.3 Å². The Morgan fingerprint density at radius 1 is 1.00 bits per heavy atom. The fourth-order valence-corrected chi connectivity index (χ4v) is 3.83. The Labute approximate surface area is 204 Å². The number of esters is 1. The van der Waals surface area contributed by atoms with Crippen LogP contribution in [-0.2, 0) is 9.53 Å². The van der Waals surface area contributed by atoms with Gasteiger partial charge in [0, 0.05) is 29.4 Å². The molecule has 0 bridgehead atoms. The SMILES string of the molecule is COc1cc2nccc(Oc3ccc(NC(=O)C(C)OC(=O)c4cccs4)cc3F)c2cc1OC. The molecule has 1 amide bonds. The van der Waals surface area contributed by atoms with E-state index in [1.807, 2.05) is 0 Å². The molecule has 2 heterocycles. The number of carbonyl (C=O) groups is 2. The number of thiophene rings is 1. The third kappa shape index (κ3) is 5.33. The predicted octanol–water partition coefficient (Wildman–Crippen LogP) is 5.43. The molecular weight excluding hydrogens is 475 g/mol. The number of nitrogens with one attached hydrogen (secondary N) is 1. The van der Waals surface area contributed by atoms with Gasteiger partial charge in [0.05, 0.1) is 19.7 Å². The van der Waals surface area contributed by atoms with Gasteiger partial charge in [-0.25, -0.2) is 9.18 Å². The average Bonchev–Trinajstić information content (AvgIpc) is 3.40. The molecule has 4 rings (SSSR count). The number of hydrogen-bond acceptors (Lipinski definition) is 8. The summed E-state index contributed by atoms with van der Waals surface area (Å²) in [5.74, 6) is -0.600. The second-order valence-electron chi connectivity index (χ2n) is 7.29. The van der Waals surface area contributed by atoms with Gasteiger partial charge in [-0.3, -0.25) is 9.78 Å². The van der Waals surface area contributed by atoms with Gasteiger partial charge in [0.1, 0.15) is 10.6 Å². The number of methoxy groups -OCH3 is 2. The number of nitrogens with zero attached hydrogens (tertiary/aromatic N) is 1. The smallest absolute Gasteiger partial charge is 0.349 e. The standard InChI is InChI=1S/C25H21FN2O6S/c1-14(33-25(30)23-5-4-10-35-23)24(29)28-15-6-7-20(17(26)11-15)34-19-8-9-27-18-13-22(32-3)21(31-2)12-16(18)19/h4-14H,1-3H3,(H,28,29). The lowest BCUT2D eigenvalue weighted by atomic mass is 10.2. The normalized spacial score (nSPS) is 11.5. The van der Waals surface area contributed by atoms with Crippen molar-refractivity contribution in [2.75, 3.05) is 19.5 Å². The second-order valence-corrected chi connectivity index (χ2v) is 8.24. The highest BCUT2D eigenvalue weighted by Crippen LogP contribution is 2.37. The lowest BCUT2D eigenvalue weighted by Gasteiger charge is -2.14. The van der Waals surface area contributed by atoms with Gasteiger partial charge in [-0.2, -0.15) is 0 Å². The summed E-state index contributed by atoms with van der Waals surface area (Å²) in [6.07, 6.45) is 0.466. The summed E-state index contributed by atoms with van der Waals surface area (Å²) >= 11 is 1.21. The molecule has 0 saturated heterocycles. The molecule has 0 aliphatic heterocycles. The number of carbonyl (C=O) groups excluding carboxylic acids is 2. The molecule has 4 aromatic rings. The van der Waals surface area contributed by atoms with Crippen LogP contribution in [0.5, 0.6) is 23.0 Å². The van der Waals surface area contributed by atoms with Crippen molar-refractivity contribution in [3.8, 4) is 23.0 Å². The van der Waals surface area contributed by atoms with E-state index in [-0.39, 0.29) is 11.4 Å². The molecule has 10 heteroatoms. The second kappa shape index (κ2) is 10.4. The lowest BCUT2D eigenvalue weighted by Crippen LogP contribution is -2.29. The van der Waals surface area contributed by atoms with Crippen molar-refractivity contribution < 1.29 is 32.9 Å². The van der Waals surface area contributed by atoms with Gasteiger partial charge >= 0.3 is 5.97 Å². The van der Waals surface area contributed by atoms with Crippen LogP contribution in [0, 0.1) is 5.82 Å². The minimum atomic E-state index is -1.07. The van der Waals surface area contributed by atoms with Gasteiger partial charge in [-0.1, -0.05) is 6.07 Å². The van der Waals surface area contributed by atoms with Crippen LogP contribution in [0.4, 0.5) is 10.1 Å². The molecule has 1 N–H and O–H groups in total. The maximum Gasteiger partial charge on any atom is 0.349 e. The van der Waals surface area contributed by atoms with Crippen LogP contribution in [0.15, 0.2) is 60.1 Å². The van der Waals surface area contributed by atoms with Gasteiger partial charge in [-0.15, -0.1) is 11.3 Å². The summed E-state index contributed by atoms with van der Waals surface area (Å²) in [5, 5.41) is 4.87. The van der Waals surface area contributed by atoms with Crippen LogP contribution >= 0.6 is 11.3 Å². The summed E-state index contributed by atoms with van der Waals surface area (Å²) < 4.78 is 36.4. The van der Waals surface area contributed by atoms with E-state index < -0.39 is 23.8 Å². The third-order valence-electron chi connectivity index (χ3n) is 5.00. The molecule has 0 aliphatic carbocycles. The van der Waals surface area contributed by atoms with E-state index in [0.29, 0.717) is 33.0 Å². The number of anilines is 1. The number of ether oxygens (including phenoxy) is 4. The van der Waals surface area contributed by atoms with E-state index in [0.717, 1.165) is 6.07 Å². The molecule has 0 saturated carbocycles. The average molecular weight is 497 g/mol. The first-order valence-corrected chi connectivity index (χ1v) is 11.3. The Morgan fingerprint density at radius 3 is 2.46 bits per heavy atom. The van der Waals surface area contributed by atoms with Crippen molar-refractivity contribution in [1.82, 2.24) is 4.98 Å². The topological polar surface area (TPSA) is 96.0 Å². The first-order valence-electron chi connectivity index (χ1n) is 10.4. The van der Waals surface area contributed by atoms with Crippen molar-refractivity contribution in [1.29, 1.82) is 0 Å². The van der Waals surface area contributed by atoms with Crippen LogP contribution in [0.3, 0.4) is 0 Å². The van der Waals surface area contributed by atoms with Crippen molar-refractivity contribution >= 4 is 39.8 Å². The van der Waals surface area contributed by atoms with E-state index in [1.54, 1.807) is 35.7 Å². The Morgan fingerprint density at radius 2 is 1.77 bits per heavy atom. The quantitative estimate of drug-likeness (QED) is 0.325. The van der Waals surface area contributed by atoms with Crippen LogP contribution in [0.1, 0.15) is 16.6 Å². The first kappa shape index (κ1) is 24.0. The van der Waals surface area contributed by atoms with E-state index in [2.05, 4.69) is 10.3 Å². The molecule has 0 radical (unpaired) electrons. The third-order valence-corrected chi connectivity index (χ3v) is 5.85. The maximum absolute atomic E-state index is 14.8. The van der Waals surface area contributed by atoms with Crippen molar-refractivity contribution in [3.63, 3.8) is 0 Å². The summed E-state index contributed by atoms with van der Waals surface area (Å²) in [6, 6.07) is 12.3. The molecule has 0 aliphatic rings. The van der Waals surface area contributed by atoms with Crippen molar-refractivity contribution in [3.05, 3.63) is 70.8 Å². The molecule has 8 nitrogen and oxygen atoms in total. The largest absolute Gasteiger partial charge is 0.493 e. The number of hydrogen-bond donors (Lipinski definition) is 1. The fourth-order valence-electron chi connectivity index (χ4n) is 3.23. The van der Waals surface area contributed by atoms with E-state index in [4.69, 9.17) is 18.9 Å². The Kier molecular flexibility index (Phi) is 7.11. The summed E-state index contributed by atoms with van der Waals surface area (Å²) in [7, 11) is 3.03. The first-order chi connectivity index (χ1) is 16.9. The molecule has 0 fully saturated rings. The van der Waals surface area contributed by atoms with Gasteiger partial charge in [0.25, 0.3) is 5.91 Å².